The average Bonchev–Trinajstić information content (AvgIpc) is 3.48. The molecule has 2 amide bonds. The number of hydrogen-bond donors (Lipinski definition) is 1. The Morgan fingerprint density at radius 2 is 1.93 bits per heavy atom. The Bertz CT molecular complexity index is 893. The molecule has 2 aliphatic rings. The van der Waals surface area contributed by atoms with E-state index in [4.69, 9.17) is 4.98 Å². The molecular weight excluding hydrogens is 344 g/mol. The molecule has 2 fully saturated rings. The molecular formula is C19H26N6O2. The number of likely N-dealkylation sites (N-methyl/N-ethyl adjacent to an activating group) is 1. The van der Waals surface area contributed by atoms with E-state index in [1.807, 2.05) is 24.9 Å². The maximum atomic E-state index is 13.3. The summed E-state index contributed by atoms with van der Waals surface area (Å²) in [4.78, 5) is 33.6. The van der Waals surface area contributed by atoms with E-state index in [0.717, 1.165) is 35.3 Å². The van der Waals surface area contributed by atoms with Gasteiger partial charge in [0.25, 0.3) is 5.91 Å². The van der Waals surface area contributed by atoms with E-state index in [1.54, 1.807) is 11.7 Å². The molecule has 2 aromatic heterocycles. The van der Waals surface area contributed by atoms with E-state index in [2.05, 4.69) is 15.3 Å². The summed E-state index contributed by atoms with van der Waals surface area (Å²) in [6.45, 7) is 4.96. The molecule has 4 rings (SSSR count). The van der Waals surface area contributed by atoms with Gasteiger partial charge in [0.2, 0.25) is 5.91 Å². The molecule has 8 heteroatoms. The topological polar surface area (TPSA) is 83.4 Å². The van der Waals surface area contributed by atoms with E-state index in [9.17, 15) is 9.59 Å². The van der Waals surface area contributed by atoms with Crippen LogP contribution in [0.4, 0.5) is 0 Å². The van der Waals surface area contributed by atoms with Crippen molar-refractivity contribution in [2.75, 3.05) is 39.8 Å². The van der Waals surface area contributed by atoms with Crippen LogP contribution in [-0.2, 0) is 11.8 Å². The number of amides is 2. The third-order valence-corrected chi connectivity index (χ3v) is 5.52. The molecule has 0 bridgehead atoms. The molecule has 8 nitrogen and oxygen atoms in total. The van der Waals surface area contributed by atoms with Gasteiger partial charge in [-0.15, -0.1) is 0 Å². The highest BCUT2D eigenvalue weighted by Gasteiger charge is 2.30. The smallest absolute Gasteiger partial charge is 0.254 e. The molecule has 0 radical (unpaired) electrons. The highest BCUT2D eigenvalue weighted by molar-refractivity contribution is 6.06. The van der Waals surface area contributed by atoms with Gasteiger partial charge in [-0.3, -0.25) is 19.2 Å². The highest BCUT2D eigenvalue weighted by atomic mass is 16.2. The van der Waals surface area contributed by atoms with Crippen molar-refractivity contribution >= 4 is 22.8 Å². The van der Waals surface area contributed by atoms with Crippen molar-refractivity contribution in [2.24, 2.45) is 7.05 Å². The minimum absolute atomic E-state index is 0.00526. The predicted octanol–water partition coefficient (Wildman–Crippen LogP) is 0.658. The quantitative estimate of drug-likeness (QED) is 0.855. The van der Waals surface area contributed by atoms with Gasteiger partial charge in [-0.05, 0) is 25.8 Å². The number of nitrogens with zero attached hydrogens (tertiary/aromatic N) is 5. The van der Waals surface area contributed by atoms with Crippen molar-refractivity contribution in [3.8, 4) is 0 Å². The lowest BCUT2D eigenvalue weighted by atomic mass is 10.1. The summed E-state index contributed by atoms with van der Waals surface area (Å²) < 4.78 is 1.77. The molecule has 3 heterocycles. The van der Waals surface area contributed by atoms with Gasteiger partial charge in [0.15, 0.2) is 5.65 Å². The SMILES string of the molecule is CNC(=O)CN1CCN(C(=O)c2cc(C3CC3)nc3c2c(C)nn3C)CC1. The zero-order chi connectivity index (χ0) is 19.1. The summed E-state index contributed by atoms with van der Waals surface area (Å²) in [7, 11) is 3.52. The molecule has 2 aromatic rings. The zero-order valence-corrected chi connectivity index (χ0v) is 16.2. The Hall–Kier alpha value is -2.48. The number of nitrogens with one attached hydrogen (secondary N) is 1. The van der Waals surface area contributed by atoms with Crippen LogP contribution in [0.5, 0.6) is 0 Å². The van der Waals surface area contributed by atoms with E-state index < -0.39 is 0 Å². The van der Waals surface area contributed by atoms with Crippen LogP contribution < -0.4 is 5.32 Å². The molecule has 27 heavy (non-hydrogen) atoms. The van der Waals surface area contributed by atoms with Crippen molar-refractivity contribution in [3.05, 3.63) is 23.0 Å². The Morgan fingerprint density at radius 1 is 1.22 bits per heavy atom. The van der Waals surface area contributed by atoms with Crippen LogP contribution in [0.15, 0.2) is 6.07 Å². The molecule has 1 aliphatic carbocycles. The molecule has 144 valence electrons. The van der Waals surface area contributed by atoms with Gasteiger partial charge in [0, 0.05) is 51.9 Å². The third kappa shape index (κ3) is 3.41. The minimum atomic E-state index is 0.00526. The fraction of sp³-hybridized carbons (Fsp3) is 0.579. The van der Waals surface area contributed by atoms with Crippen LogP contribution in [0.2, 0.25) is 0 Å². The lowest BCUT2D eigenvalue weighted by molar-refractivity contribution is -0.122. The van der Waals surface area contributed by atoms with Crippen molar-refractivity contribution in [1.29, 1.82) is 0 Å². The van der Waals surface area contributed by atoms with Gasteiger partial charge in [-0.1, -0.05) is 0 Å². The predicted molar refractivity (Wildman–Crippen MR) is 102 cm³/mol. The standard InChI is InChI=1S/C19H26N6O2/c1-12-17-14(10-15(13-4-5-13)21-18(17)23(3)22-12)19(27)25-8-6-24(7-9-25)11-16(26)20-2/h10,13H,4-9,11H2,1-3H3,(H,20,26). The van der Waals surface area contributed by atoms with E-state index in [1.165, 1.54) is 0 Å². The first-order valence-corrected chi connectivity index (χ1v) is 9.54. The molecule has 1 saturated heterocycles. The van der Waals surface area contributed by atoms with Gasteiger partial charge in [-0.2, -0.15) is 5.10 Å². The normalized spacial score (nSPS) is 18.1. The average molecular weight is 370 g/mol. The van der Waals surface area contributed by atoms with Crippen LogP contribution >= 0.6 is 0 Å². The molecule has 1 saturated carbocycles. The summed E-state index contributed by atoms with van der Waals surface area (Å²) in [6, 6.07) is 1.98. The van der Waals surface area contributed by atoms with Gasteiger partial charge in [0.05, 0.1) is 23.2 Å². The van der Waals surface area contributed by atoms with Crippen LogP contribution in [-0.4, -0.2) is 76.2 Å². The van der Waals surface area contributed by atoms with Crippen molar-refractivity contribution in [3.63, 3.8) is 0 Å². The Labute approximate surface area is 158 Å². The van der Waals surface area contributed by atoms with Crippen LogP contribution in [0, 0.1) is 6.92 Å². The summed E-state index contributed by atoms with van der Waals surface area (Å²) in [6.07, 6.45) is 2.28. The number of hydrogen-bond acceptors (Lipinski definition) is 5. The summed E-state index contributed by atoms with van der Waals surface area (Å²) in [5.74, 6) is 0.520. The Balaban J connectivity index is 1.59. The minimum Gasteiger partial charge on any atom is -0.358 e. The van der Waals surface area contributed by atoms with Crippen LogP contribution in [0.1, 0.15) is 40.5 Å². The van der Waals surface area contributed by atoms with Gasteiger partial charge < -0.3 is 10.2 Å². The van der Waals surface area contributed by atoms with Crippen molar-refractivity contribution < 1.29 is 9.59 Å². The first-order valence-electron chi connectivity index (χ1n) is 9.54. The van der Waals surface area contributed by atoms with E-state index in [0.29, 0.717) is 44.2 Å². The van der Waals surface area contributed by atoms with Gasteiger partial charge >= 0.3 is 0 Å². The van der Waals surface area contributed by atoms with Crippen molar-refractivity contribution in [1.82, 2.24) is 29.9 Å². The Kier molecular flexibility index (Phi) is 4.59. The summed E-state index contributed by atoms with van der Waals surface area (Å²) in [5, 5.41) is 7.99. The maximum absolute atomic E-state index is 13.3. The number of fused-ring (bicyclic) bond motifs is 1. The van der Waals surface area contributed by atoms with Crippen LogP contribution in [0.3, 0.4) is 0 Å². The second-order valence-electron chi connectivity index (χ2n) is 7.52. The molecule has 1 aliphatic heterocycles. The summed E-state index contributed by atoms with van der Waals surface area (Å²) in [5.41, 5.74) is 3.35. The molecule has 1 N–H and O–H groups in total. The number of aryl methyl sites for hydroxylation is 2. The molecule has 0 atom stereocenters. The molecule has 0 unspecified atom stereocenters. The number of aromatic nitrogens is 3. The number of carbonyl (C=O) groups is 2. The van der Waals surface area contributed by atoms with Gasteiger partial charge in [-0.25, -0.2) is 4.98 Å². The summed E-state index contributed by atoms with van der Waals surface area (Å²) >= 11 is 0. The molecule has 0 aromatic carbocycles. The zero-order valence-electron chi connectivity index (χ0n) is 16.2. The maximum Gasteiger partial charge on any atom is 0.254 e. The van der Waals surface area contributed by atoms with E-state index >= 15 is 0 Å². The highest BCUT2D eigenvalue weighted by Crippen LogP contribution is 2.40. The van der Waals surface area contributed by atoms with E-state index in [-0.39, 0.29) is 11.8 Å². The fourth-order valence-corrected chi connectivity index (χ4v) is 3.78. The number of piperazine rings is 1. The number of rotatable bonds is 4. The molecule has 0 spiro atoms. The lowest BCUT2D eigenvalue weighted by Gasteiger charge is -2.34. The number of carbonyl (C=O) groups excluding carboxylic acids is 2. The van der Waals surface area contributed by atoms with Crippen molar-refractivity contribution in [2.45, 2.75) is 25.7 Å². The third-order valence-electron chi connectivity index (χ3n) is 5.52. The first kappa shape index (κ1) is 17.9. The number of pyridine rings is 1. The monoisotopic (exact) mass is 370 g/mol. The second kappa shape index (κ2) is 6.92. The second-order valence-corrected chi connectivity index (χ2v) is 7.52. The lowest BCUT2D eigenvalue weighted by Crippen LogP contribution is -2.50. The largest absolute Gasteiger partial charge is 0.358 e. The Morgan fingerprint density at radius 3 is 2.56 bits per heavy atom. The van der Waals surface area contributed by atoms with Crippen LogP contribution in [0.25, 0.3) is 11.0 Å². The van der Waals surface area contributed by atoms with Gasteiger partial charge in [0.1, 0.15) is 0 Å². The fourth-order valence-electron chi connectivity index (χ4n) is 3.78. The first-order chi connectivity index (χ1) is 13.0.